The molecule has 0 aliphatic rings. The number of phosphoric acid groups is 1. The Labute approximate surface area is 522 Å². The Balaban J connectivity index is 4.08. The monoisotopic (exact) mass is 1200 g/mol. The number of rotatable bonds is 66. The molecule has 0 spiro atoms. The summed E-state index contributed by atoms with van der Waals surface area (Å²) in [6, 6.07) is -0.894. The van der Waals surface area contributed by atoms with Crippen LogP contribution in [0.4, 0.5) is 0 Å². The van der Waals surface area contributed by atoms with Gasteiger partial charge in [0.15, 0.2) is 0 Å². The molecule has 8 nitrogen and oxygen atoms in total. The van der Waals surface area contributed by atoms with Gasteiger partial charge in [0.05, 0.1) is 39.9 Å². The SMILES string of the molecule is CC/C=C\C/C=C\C/C=C\C/C=C\C/C=C\C/C=C\CCCCCCCCCCCCCCC(=O)NC(COP(=O)([O-])OCC[N+](C)(C)C)C(O)/C=C/CCCCCCCCCCCCCCCCCCCCCCCCCCCCCCC. The molecule has 0 aromatic heterocycles. The summed E-state index contributed by atoms with van der Waals surface area (Å²) in [5, 5.41) is 14.0. The maximum Gasteiger partial charge on any atom is 0.268 e. The molecule has 3 atom stereocenters. The molecule has 0 aromatic rings. The summed E-state index contributed by atoms with van der Waals surface area (Å²) >= 11 is 0. The van der Waals surface area contributed by atoms with Gasteiger partial charge in [0.2, 0.25) is 5.91 Å². The molecule has 3 unspecified atom stereocenters. The fraction of sp³-hybridized carbons (Fsp3) is 0.800. The highest BCUT2D eigenvalue weighted by molar-refractivity contribution is 7.45. The third-order valence-electron chi connectivity index (χ3n) is 16.1. The first-order valence-corrected chi connectivity index (χ1v) is 37.4. The highest BCUT2D eigenvalue weighted by Gasteiger charge is 2.23. The number of phosphoric ester groups is 1. The fourth-order valence-corrected chi connectivity index (χ4v) is 11.3. The van der Waals surface area contributed by atoms with E-state index in [0.29, 0.717) is 17.4 Å². The number of aliphatic hydroxyl groups excluding tert-OH is 1. The summed E-state index contributed by atoms with van der Waals surface area (Å²) in [6.07, 6.45) is 92.8. The number of hydrogen-bond donors (Lipinski definition) is 2. The van der Waals surface area contributed by atoms with Gasteiger partial charge in [0, 0.05) is 6.42 Å². The Hall–Kier alpha value is -2.32. The number of likely N-dealkylation sites (N-methyl/N-ethyl adjacent to an activating group) is 1. The van der Waals surface area contributed by atoms with Gasteiger partial charge < -0.3 is 28.8 Å². The van der Waals surface area contributed by atoms with Crippen LogP contribution in [0.3, 0.4) is 0 Å². The number of aliphatic hydroxyl groups is 1. The van der Waals surface area contributed by atoms with E-state index in [4.69, 9.17) is 9.05 Å². The zero-order chi connectivity index (χ0) is 61.2. The van der Waals surface area contributed by atoms with Crippen LogP contribution in [0, 0.1) is 0 Å². The summed E-state index contributed by atoms with van der Waals surface area (Å²) in [7, 11) is 1.26. The number of nitrogens with one attached hydrogen (secondary N) is 1. The van der Waals surface area contributed by atoms with Crippen molar-refractivity contribution in [2.75, 3.05) is 40.9 Å². The highest BCUT2D eigenvalue weighted by Crippen LogP contribution is 2.38. The lowest BCUT2D eigenvalue weighted by molar-refractivity contribution is -0.870. The van der Waals surface area contributed by atoms with E-state index in [9.17, 15) is 19.4 Å². The van der Waals surface area contributed by atoms with E-state index in [-0.39, 0.29) is 19.1 Å². The fourth-order valence-electron chi connectivity index (χ4n) is 10.6. The minimum Gasteiger partial charge on any atom is -0.756 e. The highest BCUT2D eigenvalue weighted by atomic mass is 31.2. The van der Waals surface area contributed by atoms with Crippen molar-refractivity contribution < 1.29 is 32.9 Å². The van der Waals surface area contributed by atoms with Crippen LogP contribution in [0.5, 0.6) is 0 Å². The number of unbranched alkanes of at least 4 members (excludes halogenated alkanes) is 41. The Bertz CT molecular complexity index is 1650. The van der Waals surface area contributed by atoms with Crippen molar-refractivity contribution in [1.82, 2.24) is 5.32 Å². The lowest BCUT2D eigenvalue weighted by Crippen LogP contribution is -2.45. The normalized spacial score (nSPS) is 14.1. The molecule has 2 N–H and O–H groups in total. The largest absolute Gasteiger partial charge is 0.756 e. The predicted molar refractivity (Wildman–Crippen MR) is 367 cm³/mol. The lowest BCUT2D eigenvalue weighted by Gasteiger charge is -2.29. The van der Waals surface area contributed by atoms with Crippen molar-refractivity contribution in [1.29, 1.82) is 0 Å². The van der Waals surface area contributed by atoms with Crippen LogP contribution < -0.4 is 10.2 Å². The van der Waals surface area contributed by atoms with E-state index in [1.165, 1.54) is 238 Å². The molecule has 0 aliphatic carbocycles. The van der Waals surface area contributed by atoms with Crippen molar-refractivity contribution in [3.05, 3.63) is 85.1 Å². The van der Waals surface area contributed by atoms with Crippen molar-refractivity contribution in [3.8, 4) is 0 Å². The number of allylic oxidation sites excluding steroid dienone is 13. The first-order valence-electron chi connectivity index (χ1n) is 35.9. The Morgan fingerprint density at radius 2 is 0.726 bits per heavy atom. The molecule has 1 amide bonds. The average Bonchev–Trinajstić information content (AvgIpc) is 3.56. The van der Waals surface area contributed by atoms with Gasteiger partial charge in [-0.25, -0.2) is 0 Å². The second-order valence-corrected chi connectivity index (χ2v) is 27.0. The number of amides is 1. The molecule has 0 radical (unpaired) electrons. The van der Waals surface area contributed by atoms with Crippen molar-refractivity contribution in [2.24, 2.45) is 0 Å². The smallest absolute Gasteiger partial charge is 0.268 e. The second-order valence-electron chi connectivity index (χ2n) is 25.6. The van der Waals surface area contributed by atoms with E-state index in [0.717, 1.165) is 77.0 Å². The van der Waals surface area contributed by atoms with E-state index < -0.39 is 20.0 Å². The van der Waals surface area contributed by atoms with Gasteiger partial charge >= 0.3 is 0 Å². The van der Waals surface area contributed by atoms with Crippen LogP contribution in [-0.2, 0) is 18.4 Å². The molecule has 0 heterocycles. The Morgan fingerprint density at radius 1 is 0.429 bits per heavy atom. The zero-order valence-corrected chi connectivity index (χ0v) is 57.0. The number of carbonyl (C=O) groups is 1. The van der Waals surface area contributed by atoms with Gasteiger partial charge in [-0.1, -0.05) is 343 Å². The van der Waals surface area contributed by atoms with Gasteiger partial charge in [-0.2, -0.15) is 0 Å². The quantitative estimate of drug-likeness (QED) is 0.0272. The summed E-state index contributed by atoms with van der Waals surface area (Å²) in [5.41, 5.74) is 0. The summed E-state index contributed by atoms with van der Waals surface area (Å²) in [6.45, 7) is 4.57. The Kier molecular flexibility index (Phi) is 63.3. The average molecular weight is 1200 g/mol. The molecule has 0 aromatic carbocycles. The molecule has 0 saturated heterocycles. The maximum absolute atomic E-state index is 13.0. The molecular weight excluding hydrogens is 1060 g/mol. The molecule has 0 aliphatic heterocycles. The van der Waals surface area contributed by atoms with E-state index in [2.05, 4.69) is 92.1 Å². The topological polar surface area (TPSA) is 108 Å². The first kappa shape index (κ1) is 81.7. The van der Waals surface area contributed by atoms with Gasteiger partial charge in [-0.15, -0.1) is 0 Å². The number of quaternary nitrogens is 1. The number of nitrogens with zero attached hydrogens (tertiary/aromatic N) is 1. The van der Waals surface area contributed by atoms with Gasteiger partial charge in [-0.05, 0) is 70.6 Å². The molecule has 490 valence electrons. The Morgan fingerprint density at radius 3 is 1.06 bits per heavy atom. The summed E-state index contributed by atoms with van der Waals surface area (Å²) < 4.78 is 23.5. The molecular formula is C75H139N2O6P. The predicted octanol–water partition coefficient (Wildman–Crippen LogP) is 22.5. The number of hydrogen-bond acceptors (Lipinski definition) is 6. The standard InChI is InChI=1S/C75H139N2O6P/c1-6-8-10-12-14-16-18-20-22-24-26-28-30-32-34-36-38-40-42-44-46-48-50-52-54-56-58-60-62-64-66-68-74(78)73(72-83-84(80,81)82-71-70-77(3,4)5)76-75(79)69-67-65-63-61-59-57-55-53-51-49-47-45-43-41-39-37-35-33-31-29-27-25-23-21-19-17-15-13-11-9-7-2/h9,11,15,17,21,23,27,29,33,35,39,41,66,68,73-74,78H,6-8,10,12-14,16,18-20,22,24-26,28,30-32,34,36-38,40,42-65,67,69-72H2,1-5H3,(H-,76,79,80,81)/b11-9-,17-15-,23-21-,29-27-,35-33-,41-39-,68-66+. The summed E-state index contributed by atoms with van der Waals surface area (Å²) in [5.74, 6) is -0.198. The van der Waals surface area contributed by atoms with Crippen LogP contribution in [-0.4, -0.2) is 68.5 Å². The third kappa shape index (κ3) is 67.2. The molecule has 0 rings (SSSR count). The van der Waals surface area contributed by atoms with Gasteiger partial charge in [0.25, 0.3) is 7.82 Å². The molecule has 84 heavy (non-hydrogen) atoms. The minimum absolute atomic E-state index is 0.00369. The molecule has 0 bridgehead atoms. The van der Waals surface area contributed by atoms with E-state index in [1.807, 2.05) is 27.2 Å². The number of carbonyl (C=O) groups excluding carboxylic acids is 1. The third-order valence-corrected chi connectivity index (χ3v) is 17.1. The zero-order valence-electron chi connectivity index (χ0n) is 56.1. The van der Waals surface area contributed by atoms with Crippen LogP contribution in [0.2, 0.25) is 0 Å². The summed E-state index contributed by atoms with van der Waals surface area (Å²) in [4.78, 5) is 25.7. The second kappa shape index (κ2) is 65.1. The van der Waals surface area contributed by atoms with Gasteiger partial charge in [0.1, 0.15) is 13.2 Å². The molecule has 0 fully saturated rings. The van der Waals surface area contributed by atoms with Crippen molar-refractivity contribution >= 4 is 13.7 Å². The molecule has 0 saturated carbocycles. The van der Waals surface area contributed by atoms with E-state index in [1.54, 1.807) is 6.08 Å². The van der Waals surface area contributed by atoms with Crippen molar-refractivity contribution in [3.63, 3.8) is 0 Å². The van der Waals surface area contributed by atoms with Crippen LogP contribution >= 0.6 is 7.82 Å². The van der Waals surface area contributed by atoms with E-state index >= 15 is 0 Å². The first-order chi connectivity index (χ1) is 41.0. The molecule has 9 heteroatoms. The minimum atomic E-state index is -4.61. The van der Waals surface area contributed by atoms with Gasteiger partial charge in [-0.3, -0.25) is 9.36 Å². The van der Waals surface area contributed by atoms with Crippen LogP contribution in [0.25, 0.3) is 0 Å². The lowest BCUT2D eigenvalue weighted by atomic mass is 10.0. The van der Waals surface area contributed by atoms with Crippen molar-refractivity contribution in [2.45, 2.75) is 347 Å². The maximum atomic E-state index is 13.0. The van der Waals surface area contributed by atoms with Crippen LogP contribution in [0.15, 0.2) is 85.1 Å². The van der Waals surface area contributed by atoms with Crippen LogP contribution in [0.1, 0.15) is 335 Å².